The van der Waals surface area contributed by atoms with E-state index >= 15 is 0 Å². The Balaban J connectivity index is 1.11. The van der Waals surface area contributed by atoms with Gasteiger partial charge in [0.15, 0.2) is 0 Å². The summed E-state index contributed by atoms with van der Waals surface area (Å²) in [6.07, 6.45) is 15.8. The fourth-order valence-electron chi connectivity index (χ4n) is 6.19. The van der Waals surface area contributed by atoms with Crippen LogP contribution in [0.5, 0.6) is 0 Å². The van der Waals surface area contributed by atoms with Gasteiger partial charge >= 0.3 is 0 Å². The molecule has 0 radical (unpaired) electrons. The van der Waals surface area contributed by atoms with Crippen LogP contribution in [-0.4, -0.2) is 9.97 Å². The molecule has 0 aliphatic heterocycles. The number of hydrogen-bond acceptors (Lipinski definition) is 4. The highest BCUT2D eigenvalue weighted by Crippen LogP contribution is 2.38. The molecular weight excluding hydrogens is 569 g/mol. The maximum absolute atomic E-state index is 6.20. The van der Waals surface area contributed by atoms with Crippen LogP contribution in [0.2, 0.25) is 0 Å². The van der Waals surface area contributed by atoms with E-state index in [1.807, 2.05) is 35.7 Å². The molecule has 45 heavy (non-hydrogen) atoms. The van der Waals surface area contributed by atoms with Gasteiger partial charge in [0.05, 0.1) is 17.3 Å². The molecule has 3 aromatic heterocycles. The molecule has 0 saturated carbocycles. The highest BCUT2D eigenvalue weighted by atomic mass is 32.1. The zero-order valence-corrected chi connectivity index (χ0v) is 26.0. The molecule has 1 aliphatic carbocycles. The first-order chi connectivity index (χ1) is 22.0. The molecule has 8 rings (SSSR count). The third kappa shape index (κ3) is 4.75. The molecule has 0 fully saturated rings. The fourth-order valence-corrected chi connectivity index (χ4v) is 7.44. The lowest BCUT2D eigenvalue weighted by molar-refractivity contribution is 0.652. The van der Waals surface area contributed by atoms with Gasteiger partial charge in [-0.25, -0.2) is 9.97 Å². The second kappa shape index (κ2) is 11.0. The normalized spacial score (nSPS) is 14.4. The number of furan rings is 1. The van der Waals surface area contributed by atoms with Gasteiger partial charge in [-0.1, -0.05) is 104 Å². The molecule has 4 aromatic carbocycles. The van der Waals surface area contributed by atoms with Crippen LogP contribution in [0.25, 0.3) is 64.3 Å². The smallest absolute Gasteiger partial charge is 0.246 e. The predicted octanol–water partition coefficient (Wildman–Crippen LogP) is 11.8. The lowest BCUT2D eigenvalue weighted by Gasteiger charge is -2.08. The molecule has 0 atom stereocenters. The highest BCUT2D eigenvalue weighted by molar-refractivity contribution is 7.26. The maximum Gasteiger partial charge on any atom is 0.246 e. The first-order valence-electron chi connectivity index (χ1n) is 15.2. The Bertz CT molecular complexity index is 2500. The van der Waals surface area contributed by atoms with Crippen molar-refractivity contribution < 1.29 is 4.42 Å². The molecule has 3 nitrogen and oxygen atoms in total. The summed E-state index contributed by atoms with van der Waals surface area (Å²) < 4.78 is 8.79. The Morgan fingerprint density at radius 3 is 2.62 bits per heavy atom. The first kappa shape index (κ1) is 27.2. The summed E-state index contributed by atoms with van der Waals surface area (Å²) in [5.41, 5.74) is 9.72. The van der Waals surface area contributed by atoms with Gasteiger partial charge in [0.25, 0.3) is 0 Å². The van der Waals surface area contributed by atoms with Crippen molar-refractivity contribution in [3.05, 3.63) is 156 Å². The fraction of sp³-hybridized carbons (Fsp3) is 0.0732. The van der Waals surface area contributed by atoms with E-state index in [0.29, 0.717) is 5.71 Å². The molecule has 1 aliphatic rings. The highest BCUT2D eigenvalue weighted by Gasteiger charge is 2.15. The number of rotatable bonds is 5. The number of nitrogens with zero attached hydrogens (tertiary/aromatic N) is 2. The second-order valence-electron chi connectivity index (χ2n) is 11.5. The van der Waals surface area contributed by atoms with Crippen LogP contribution in [0.15, 0.2) is 149 Å². The van der Waals surface area contributed by atoms with E-state index in [0.717, 1.165) is 50.5 Å². The first-order valence-corrected chi connectivity index (χ1v) is 16.0. The zero-order chi connectivity index (χ0) is 30.5. The van der Waals surface area contributed by atoms with E-state index in [4.69, 9.17) is 14.4 Å². The van der Waals surface area contributed by atoms with Crippen molar-refractivity contribution in [3.63, 3.8) is 0 Å². The van der Waals surface area contributed by atoms with Crippen molar-refractivity contribution >= 4 is 75.6 Å². The van der Waals surface area contributed by atoms with Crippen molar-refractivity contribution in [2.75, 3.05) is 0 Å². The molecule has 4 heteroatoms. The largest absolute Gasteiger partial charge is 0.436 e. The molecule has 7 aromatic rings. The molecule has 216 valence electrons. The van der Waals surface area contributed by atoms with Gasteiger partial charge in [-0.15, -0.1) is 11.3 Å². The summed E-state index contributed by atoms with van der Waals surface area (Å²) in [6, 6.07) is 27.5. The summed E-state index contributed by atoms with van der Waals surface area (Å²) in [5.74, 6) is 0. The van der Waals surface area contributed by atoms with Crippen LogP contribution in [-0.2, 0) is 0 Å². The lowest BCUT2D eigenvalue weighted by atomic mass is 9.97. The summed E-state index contributed by atoms with van der Waals surface area (Å²) in [7, 11) is 0. The SMILES string of the molecule is C=C(/C=C\C(C)=C(/C)C1=CCC=CC(c2cnc3c(n2)oc2ccc4ccccc4c23)=C1)c1cccc2c1sc1ccccc12. The third-order valence-electron chi connectivity index (χ3n) is 8.76. The van der Waals surface area contributed by atoms with Gasteiger partial charge in [-0.05, 0) is 77.1 Å². The van der Waals surface area contributed by atoms with Crippen molar-refractivity contribution in [1.29, 1.82) is 0 Å². The van der Waals surface area contributed by atoms with Gasteiger partial charge in [0.2, 0.25) is 5.71 Å². The van der Waals surface area contributed by atoms with Gasteiger partial charge < -0.3 is 4.42 Å². The van der Waals surface area contributed by atoms with Crippen molar-refractivity contribution in [2.45, 2.75) is 20.3 Å². The summed E-state index contributed by atoms with van der Waals surface area (Å²) >= 11 is 1.83. The Labute approximate surface area is 265 Å². The molecule has 0 bridgehead atoms. The number of fused-ring (bicyclic) bond motifs is 8. The molecule has 0 spiro atoms. The van der Waals surface area contributed by atoms with Gasteiger partial charge in [-0.2, -0.15) is 0 Å². The van der Waals surface area contributed by atoms with E-state index in [-0.39, 0.29) is 0 Å². The van der Waals surface area contributed by atoms with E-state index in [1.165, 1.54) is 42.5 Å². The molecule has 0 N–H and O–H groups in total. The Kier molecular flexibility index (Phi) is 6.66. The number of benzene rings is 4. The average Bonchev–Trinajstić information content (AvgIpc) is 3.55. The van der Waals surface area contributed by atoms with E-state index in [2.05, 4.69) is 118 Å². The Hall–Kier alpha value is -5.32. The van der Waals surface area contributed by atoms with Crippen molar-refractivity contribution in [3.8, 4) is 0 Å². The second-order valence-corrected chi connectivity index (χ2v) is 12.6. The van der Waals surface area contributed by atoms with Crippen molar-refractivity contribution in [1.82, 2.24) is 9.97 Å². The van der Waals surface area contributed by atoms with Crippen LogP contribution >= 0.6 is 11.3 Å². The molecule has 0 amide bonds. The molecule has 0 unspecified atom stereocenters. The minimum Gasteiger partial charge on any atom is -0.436 e. The minimum atomic E-state index is 0.557. The van der Waals surface area contributed by atoms with Crippen molar-refractivity contribution in [2.24, 2.45) is 0 Å². The minimum absolute atomic E-state index is 0.557. The number of allylic oxidation sites excluding steroid dienone is 11. The van der Waals surface area contributed by atoms with E-state index < -0.39 is 0 Å². The summed E-state index contributed by atoms with van der Waals surface area (Å²) in [5, 5.41) is 5.89. The van der Waals surface area contributed by atoms with Crippen LogP contribution in [0, 0.1) is 0 Å². The summed E-state index contributed by atoms with van der Waals surface area (Å²) in [4.78, 5) is 9.80. The van der Waals surface area contributed by atoms with Crippen LogP contribution in [0.4, 0.5) is 0 Å². The maximum atomic E-state index is 6.20. The van der Waals surface area contributed by atoms with Crippen LogP contribution < -0.4 is 0 Å². The topological polar surface area (TPSA) is 38.9 Å². The van der Waals surface area contributed by atoms with Crippen LogP contribution in [0.3, 0.4) is 0 Å². The average molecular weight is 599 g/mol. The van der Waals surface area contributed by atoms with Gasteiger partial charge in [0, 0.05) is 25.7 Å². The Morgan fingerprint density at radius 1 is 0.889 bits per heavy atom. The van der Waals surface area contributed by atoms with Gasteiger partial charge in [0.1, 0.15) is 11.1 Å². The summed E-state index contributed by atoms with van der Waals surface area (Å²) in [6.45, 7) is 8.79. The molecule has 3 heterocycles. The number of hydrogen-bond donors (Lipinski definition) is 0. The Morgan fingerprint density at radius 2 is 1.71 bits per heavy atom. The predicted molar refractivity (Wildman–Crippen MR) is 193 cm³/mol. The number of aromatic nitrogens is 2. The third-order valence-corrected chi connectivity index (χ3v) is 9.98. The quantitative estimate of drug-likeness (QED) is 0.185. The molecular formula is C41H30N2OS. The van der Waals surface area contributed by atoms with Gasteiger partial charge in [-0.3, -0.25) is 0 Å². The monoisotopic (exact) mass is 598 g/mol. The van der Waals surface area contributed by atoms with E-state index in [1.54, 1.807) is 0 Å². The van der Waals surface area contributed by atoms with Crippen LogP contribution in [0.1, 0.15) is 31.5 Å². The van der Waals surface area contributed by atoms with E-state index in [9.17, 15) is 0 Å². The lowest BCUT2D eigenvalue weighted by Crippen LogP contribution is -1.92. The zero-order valence-electron chi connectivity index (χ0n) is 25.2. The standard InChI is InChI=1S/C41H30N2OS/c1-25(19-20-26(2)31-16-10-17-34-33-15-8-9-18-37(33)45-40(31)34)27(3)29-12-4-5-13-30(23-29)35-24-42-39-38-32-14-7-6-11-28(32)21-22-36(38)44-41(39)43-35/h5-24H,2,4H2,1,3H3/b20-19-,27-25+. The number of thiophene rings is 1. The molecule has 0 saturated heterocycles.